The van der Waals surface area contributed by atoms with E-state index in [1.165, 1.54) is 13.2 Å². The average Bonchev–Trinajstić information content (AvgIpc) is 3.38. The lowest BCUT2D eigenvalue weighted by atomic mass is 9.70. The number of methoxy groups -OCH3 is 1. The summed E-state index contributed by atoms with van der Waals surface area (Å²) in [5.74, 6) is 1.31. The van der Waals surface area contributed by atoms with Gasteiger partial charge in [0.2, 0.25) is 0 Å². The minimum absolute atomic E-state index is 0.00580. The summed E-state index contributed by atoms with van der Waals surface area (Å²) in [5, 5.41) is 10.1. The Kier molecular flexibility index (Phi) is 4.99. The summed E-state index contributed by atoms with van der Waals surface area (Å²) in [6.07, 6.45) is 2.80. The molecule has 1 amide bonds. The van der Waals surface area contributed by atoms with Gasteiger partial charge in [-0.25, -0.2) is 0 Å². The highest BCUT2D eigenvalue weighted by Gasteiger charge is 2.53. The first-order chi connectivity index (χ1) is 15.4. The van der Waals surface area contributed by atoms with Crippen LogP contribution in [-0.4, -0.2) is 34.9 Å². The Morgan fingerprint density at radius 3 is 2.66 bits per heavy atom. The van der Waals surface area contributed by atoms with E-state index in [0.29, 0.717) is 28.7 Å². The van der Waals surface area contributed by atoms with Crippen LogP contribution >= 0.6 is 0 Å². The lowest BCUT2D eigenvalue weighted by Gasteiger charge is -2.40. The highest BCUT2D eigenvalue weighted by Crippen LogP contribution is 2.49. The molecule has 1 aliphatic carbocycles. The Labute approximate surface area is 186 Å². The average molecular weight is 437 g/mol. The van der Waals surface area contributed by atoms with E-state index in [4.69, 9.17) is 13.9 Å². The molecular weight excluding hydrogens is 410 g/mol. The first kappa shape index (κ1) is 20.7. The zero-order chi connectivity index (χ0) is 22.6. The molecule has 0 saturated heterocycles. The van der Waals surface area contributed by atoms with Crippen LogP contribution in [-0.2, 0) is 20.9 Å². The number of amides is 1. The predicted molar refractivity (Wildman–Crippen MR) is 115 cm³/mol. The molecule has 5 rings (SSSR count). The monoisotopic (exact) mass is 437 g/mol. The van der Waals surface area contributed by atoms with Crippen LogP contribution in [0.3, 0.4) is 0 Å². The van der Waals surface area contributed by atoms with Crippen LogP contribution in [0.2, 0.25) is 0 Å². The van der Waals surface area contributed by atoms with E-state index in [9.17, 15) is 14.7 Å². The van der Waals surface area contributed by atoms with Crippen LogP contribution in [0, 0.1) is 17.8 Å². The van der Waals surface area contributed by atoms with Crippen molar-refractivity contribution in [1.29, 1.82) is 0 Å². The largest absolute Gasteiger partial charge is 0.504 e. The predicted octanol–water partition coefficient (Wildman–Crippen LogP) is 3.98. The molecule has 0 radical (unpaired) electrons. The Balaban J connectivity index is 1.60. The highest BCUT2D eigenvalue weighted by atomic mass is 16.5. The second-order valence-electron chi connectivity index (χ2n) is 9.14. The first-order valence-corrected chi connectivity index (χ1v) is 11.0. The van der Waals surface area contributed by atoms with Crippen LogP contribution in [0.1, 0.15) is 44.1 Å². The summed E-state index contributed by atoms with van der Waals surface area (Å²) in [6.45, 7) is 4.54. The third-order valence-electron chi connectivity index (χ3n) is 7.23. The molecule has 7 heteroatoms. The number of phenolic OH excluding ortho intramolecular Hbond substituents is 1. The summed E-state index contributed by atoms with van der Waals surface area (Å²) in [4.78, 5) is 28.9. The van der Waals surface area contributed by atoms with Gasteiger partial charge in [-0.15, -0.1) is 0 Å². The van der Waals surface area contributed by atoms with Crippen LogP contribution in [0.4, 0.5) is 0 Å². The quantitative estimate of drug-likeness (QED) is 0.778. The molecule has 168 valence electrons. The number of fused-ring (bicyclic) bond motifs is 1. The van der Waals surface area contributed by atoms with Gasteiger partial charge in [0.15, 0.2) is 23.0 Å². The number of benzene rings is 1. The number of rotatable bonds is 4. The molecule has 2 aromatic rings. The number of ketones is 1. The molecule has 1 fully saturated rings. The standard InChI is InChI=1S/C25H27NO6/c1-13-9-17-19(10-14(13)2)32-24-21(23(17)28)22(15-6-7-18(27)20(11-15)30-3)26(25(24)29)12-16-5-4-8-31-16/h4-8,11,13-14,17,19,22,27H,9-10,12H2,1-3H3. The van der Waals surface area contributed by atoms with Gasteiger partial charge in [0.25, 0.3) is 5.91 Å². The molecule has 7 nitrogen and oxygen atoms in total. The van der Waals surface area contributed by atoms with E-state index in [-0.39, 0.29) is 47.5 Å². The van der Waals surface area contributed by atoms with Crippen LogP contribution in [0.15, 0.2) is 52.3 Å². The highest BCUT2D eigenvalue weighted by molar-refractivity contribution is 6.11. The van der Waals surface area contributed by atoms with Gasteiger partial charge in [-0.05, 0) is 54.5 Å². The number of phenols is 1. The molecule has 3 aliphatic rings. The molecular formula is C25H27NO6. The number of hydrogen-bond donors (Lipinski definition) is 1. The Bertz CT molecular complexity index is 1090. The van der Waals surface area contributed by atoms with Crippen molar-refractivity contribution in [2.45, 2.75) is 45.4 Å². The molecule has 3 heterocycles. The number of Topliss-reactive ketones (excluding diaryl/α,β-unsaturated/α-hetero) is 1. The number of furan rings is 1. The summed E-state index contributed by atoms with van der Waals surface area (Å²) >= 11 is 0. The molecule has 1 aromatic heterocycles. The van der Waals surface area contributed by atoms with Gasteiger partial charge < -0.3 is 23.9 Å². The van der Waals surface area contributed by atoms with Crippen molar-refractivity contribution < 1.29 is 28.6 Å². The van der Waals surface area contributed by atoms with Crippen molar-refractivity contribution in [3.8, 4) is 11.5 Å². The van der Waals surface area contributed by atoms with E-state index in [1.807, 2.05) is 0 Å². The number of carbonyl (C=O) groups is 2. The Morgan fingerprint density at radius 1 is 1.16 bits per heavy atom. The smallest absolute Gasteiger partial charge is 0.290 e. The second-order valence-corrected chi connectivity index (χ2v) is 9.14. The Morgan fingerprint density at radius 2 is 1.94 bits per heavy atom. The normalized spacial score (nSPS) is 29.6. The van der Waals surface area contributed by atoms with Crippen molar-refractivity contribution in [1.82, 2.24) is 4.90 Å². The number of carbonyl (C=O) groups excluding carboxylic acids is 2. The fourth-order valence-corrected chi connectivity index (χ4v) is 5.25. The summed E-state index contributed by atoms with van der Waals surface area (Å²) < 4.78 is 17.0. The maximum Gasteiger partial charge on any atom is 0.290 e. The van der Waals surface area contributed by atoms with E-state index in [0.717, 1.165) is 12.8 Å². The third kappa shape index (κ3) is 3.18. The van der Waals surface area contributed by atoms with Gasteiger partial charge >= 0.3 is 0 Å². The SMILES string of the molecule is COc1cc(C2C3=C(OC4CC(C)C(C)CC4C3=O)C(=O)N2Cc2ccco2)ccc1O. The summed E-state index contributed by atoms with van der Waals surface area (Å²) in [7, 11) is 1.47. The van der Waals surface area contributed by atoms with Crippen LogP contribution in [0.25, 0.3) is 0 Å². The van der Waals surface area contributed by atoms with Gasteiger partial charge in [0.05, 0.1) is 37.5 Å². The summed E-state index contributed by atoms with van der Waals surface area (Å²) in [6, 6.07) is 7.82. The number of aromatic hydroxyl groups is 1. The van der Waals surface area contributed by atoms with E-state index >= 15 is 0 Å². The van der Waals surface area contributed by atoms with Crippen molar-refractivity contribution in [2.75, 3.05) is 7.11 Å². The van der Waals surface area contributed by atoms with Crippen molar-refractivity contribution in [3.63, 3.8) is 0 Å². The molecule has 2 aliphatic heterocycles. The molecule has 1 N–H and O–H groups in total. The van der Waals surface area contributed by atoms with Crippen LogP contribution < -0.4 is 4.74 Å². The fraction of sp³-hybridized carbons (Fsp3) is 0.440. The van der Waals surface area contributed by atoms with Gasteiger partial charge in [-0.2, -0.15) is 0 Å². The third-order valence-corrected chi connectivity index (χ3v) is 7.23. The van der Waals surface area contributed by atoms with Crippen molar-refractivity contribution in [3.05, 3.63) is 59.3 Å². The zero-order valence-electron chi connectivity index (χ0n) is 18.4. The van der Waals surface area contributed by atoms with Gasteiger partial charge in [0.1, 0.15) is 11.9 Å². The van der Waals surface area contributed by atoms with E-state index in [2.05, 4.69) is 13.8 Å². The van der Waals surface area contributed by atoms with Crippen molar-refractivity contribution >= 4 is 11.7 Å². The van der Waals surface area contributed by atoms with Gasteiger partial charge in [-0.1, -0.05) is 19.9 Å². The minimum Gasteiger partial charge on any atom is -0.504 e. The number of nitrogens with zero attached hydrogens (tertiary/aromatic N) is 1. The molecule has 1 saturated carbocycles. The topological polar surface area (TPSA) is 89.2 Å². The lowest BCUT2D eigenvalue weighted by molar-refractivity contribution is -0.137. The maximum absolute atomic E-state index is 13.8. The lowest BCUT2D eigenvalue weighted by Crippen LogP contribution is -2.43. The summed E-state index contributed by atoms with van der Waals surface area (Å²) in [5.41, 5.74) is 1.08. The zero-order valence-corrected chi connectivity index (χ0v) is 18.4. The van der Waals surface area contributed by atoms with Crippen LogP contribution in [0.5, 0.6) is 11.5 Å². The molecule has 0 bridgehead atoms. The first-order valence-electron chi connectivity index (χ1n) is 11.0. The number of hydrogen-bond acceptors (Lipinski definition) is 6. The molecule has 5 atom stereocenters. The van der Waals surface area contributed by atoms with Gasteiger partial charge in [-0.3, -0.25) is 9.59 Å². The maximum atomic E-state index is 13.8. The molecule has 0 spiro atoms. The minimum atomic E-state index is -0.639. The fourth-order valence-electron chi connectivity index (χ4n) is 5.25. The second kappa shape index (κ2) is 7.73. The van der Waals surface area contributed by atoms with E-state index < -0.39 is 6.04 Å². The van der Waals surface area contributed by atoms with Gasteiger partial charge in [0, 0.05) is 0 Å². The van der Waals surface area contributed by atoms with Crippen molar-refractivity contribution in [2.24, 2.45) is 17.8 Å². The number of ether oxygens (including phenoxy) is 2. The molecule has 1 aromatic carbocycles. The Hall–Kier alpha value is -3.22. The molecule has 5 unspecified atom stereocenters. The molecule has 32 heavy (non-hydrogen) atoms. The van der Waals surface area contributed by atoms with E-state index in [1.54, 1.807) is 35.4 Å².